The number of nitrogens with one attached hydrogen (secondary N) is 1. The van der Waals surface area contributed by atoms with Crippen LogP contribution in [0.2, 0.25) is 0 Å². The van der Waals surface area contributed by atoms with Crippen molar-refractivity contribution in [2.45, 2.75) is 25.3 Å². The van der Waals surface area contributed by atoms with Gasteiger partial charge in [0.15, 0.2) is 0 Å². The van der Waals surface area contributed by atoms with E-state index in [1.54, 1.807) is 6.07 Å². The van der Waals surface area contributed by atoms with Gasteiger partial charge in [0.1, 0.15) is 0 Å². The Morgan fingerprint density at radius 2 is 1.59 bits per heavy atom. The number of rotatable bonds is 9. The van der Waals surface area contributed by atoms with E-state index in [-0.39, 0.29) is 12.3 Å². The molecule has 1 atom stereocenters. The first-order valence-corrected chi connectivity index (χ1v) is 9.19. The van der Waals surface area contributed by atoms with Gasteiger partial charge < -0.3 is 14.9 Å². The van der Waals surface area contributed by atoms with Crippen LogP contribution in [0.5, 0.6) is 0 Å². The van der Waals surface area contributed by atoms with Crippen molar-refractivity contribution in [1.82, 2.24) is 5.32 Å². The molecule has 0 aliphatic carbocycles. The zero-order valence-electron chi connectivity index (χ0n) is 16.3. The van der Waals surface area contributed by atoms with Crippen LogP contribution in [-0.2, 0) is 17.6 Å². The molecule has 0 saturated heterocycles. The fourth-order valence-corrected chi connectivity index (χ4v) is 3.10. The Hall–Kier alpha value is -2.66. The zero-order chi connectivity index (χ0) is 19.9. The highest BCUT2D eigenvalue weighted by Crippen LogP contribution is 2.11. The molecule has 2 aromatic carbocycles. The molecule has 5 nitrogen and oxygen atoms in total. The average molecular weight is 369 g/mol. The van der Waals surface area contributed by atoms with E-state index in [9.17, 15) is 9.59 Å². The van der Waals surface area contributed by atoms with E-state index in [0.717, 1.165) is 18.4 Å². The number of quaternary nitrogens is 1. The van der Waals surface area contributed by atoms with E-state index in [1.165, 1.54) is 5.56 Å². The lowest BCUT2D eigenvalue weighted by Gasteiger charge is -2.29. The Morgan fingerprint density at radius 3 is 2.22 bits per heavy atom. The highest BCUT2D eigenvalue weighted by atomic mass is 16.4. The molecule has 1 amide bonds. The molecule has 144 valence electrons. The SMILES string of the molecule is C[N+](C)(C)CC(CC(=O)O)NC(=O)c1cccc(CCc2ccccc2)c1. The highest BCUT2D eigenvalue weighted by molar-refractivity contribution is 5.94. The zero-order valence-corrected chi connectivity index (χ0v) is 16.3. The summed E-state index contributed by atoms with van der Waals surface area (Å²) < 4.78 is 0.579. The molecule has 0 saturated carbocycles. The van der Waals surface area contributed by atoms with E-state index in [1.807, 2.05) is 57.5 Å². The van der Waals surface area contributed by atoms with Crippen molar-refractivity contribution < 1.29 is 19.2 Å². The number of amides is 1. The molecular formula is C22H29N2O3+. The van der Waals surface area contributed by atoms with Gasteiger partial charge >= 0.3 is 5.97 Å². The number of hydrogen-bond acceptors (Lipinski definition) is 2. The molecular weight excluding hydrogens is 340 g/mol. The summed E-state index contributed by atoms with van der Waals surface area (Å²) in [6.07, 6.45) is 1.67. The average Bonchev–Trinajstić information content (AvgIpc) is 2.59. The Labute approximate surface area is 161 Å². The van der Waals surface area contributed by atoms with Gasteiger partial charge in [-0.25, -0.2) is 0 Å². The normalized spacial score (nSPS) is 12.4. The maximum Gasteiger partial charge on any atom is 0.305 e. The molecule has 1 unspecified atom stereocenters. The number of carbonyl (C=O) groups is 2. The Bertz CT molecular complexity index is 767. The van der Waals surface area contributed by atoms with Gasteiger partial charge in [0.25, 0.3) is 5.91 Å². The van der Waals surface area contributed by atoms with E-state index >= 15 is 0 Å². The van der Waals surface area contributed by atoms with Crippen LogP contribution in [0.25, 0.3) is 0 Å². The second kappa shape index (κ2) is 9.33. The molecule has 2 N–H and O–H groups in total. The van der Waals surface area contributed by atoms with Crippen LogP contribution in [0.3, 0.4) is 0 Å². The topological polar surface area (TPSA) is 66.4 Å². The second-order valence-electron chi connectivity index (χ2n) is 7.93. The van der Waals surface area contributed by atoms with Gasteiger partial charge in [-0.05, 0) is 36.1 Å². The molecule has 0 bridgehead atoms. The van der Waals surface area contributed by atoms with Crippen molar-refractivity contribution in [3.05, 3.63) is 71.3 Å². The summed E-state index contributed by atoms with van der Waals surface area (Å²) in [6.45, 7) is 0.547. The molecule has 0 spiro atoms. The minimum Gasteiger partial charge on any atom is -0.481 e. The third-order valence-electron chi connectivity index (χ3n) is 4.26. The van der Waals surface area contributed by atoms with Gasteiger partial charge in [-0.3, -0.25) is 9.59 Å². The van der Waals surface area contributed by atoms with E-state index < -0.39 is 12.0 Å². The number of nitrogens with zero attached hydrogens (tertiary/aromatic N) is 1. The lowest BCUT2D eigenvalue weighted by molar-refractivity contribution is -0.871. The summed E-state index contributed by atoms with van der Waals surface area (Å²) >= 11 is 0. The molecule has 2 rings (SSSR count). The minimum absolute atomic E-state index is 0.0883. The van der Waals surface area contributed by atoms with Crippen molar-refractivity contribution in [1.29, 1.82) is 0 Å². The van der Waals surface area contributed by atoms with Gasteiger partial charge in [-0.15, -0.1) is 0 Å². The number of carboxylic acid groups (broad SMARTS) is 1. The fourth-order valence-electron chi connectivity index (χ4n) is 3.10. The summed E-state index contributed by atoms with van der Waals surface area (Å²) in [5, 5.41) is 12.0. The van der Waals surface area contributed by atoms with Crippen LogP contribution >= 0.6 is 0 Å². The van der Waals surface area contributed by atoms with Gasteiger partial charge in [0.05, 0.1) is 40.2 Å². The van der Waals surface area contributed by atoms with Gasteiger partial charge in [0, 0.05) is 5.56 Å². The number of aryl methyl sites for hydroxylation is 2. The Balaban J connectivity index is 2.03. The first-order chi connectivity index (χ1) is 12.7. The summed E-state index contributed by atoms with van der Waals surface area (Å²) in [5.41, 5.74) is 2.92. The van der Waals surface area contributed by atoms with Crippen molar-refractivity contribution in [2.24, 2.45) is 0 Å². The molecule has 0 heterocycles. The third-order valence-corrected chi connectivity index (χ3v) is 4.26. The molecule has 27 heavy (non-hydrogen) atoms. The van der Waals surface area contributed by atoms with Crippen LogP contribution in [-0.4, -0.2) is 55.2 Å². The first-order valence-electron chi connectivity index (χ1n) is 9.19. The van der Waals surface area contributed by atoms with Crippen molar-refractivity contribution >= 4 is 11.9 Å². The van der Waals surface area contributed by atoms with Crippen LogP contribution in [0.15, 0.2) is 54.6 Å². The largest absolute Gasteiger partial charge is 0.481 e. The van der Waals surface area contributed by atoms with Crippen molar-refractivity contribution in [3.63, 3.8) is 0 Å². The maximum atomic E-state index is 12.6. The quantitative estimate of drug-likeness (QED) is 0.668. The number of benzene rings is 2. The van der Waals surface area contributed by atoms with Crippen molar-refractivity contribution in [2.75, 3.05) is 27.7 Å². The summed E-state index contributed by atoms with van der Waals surface area (Å²) in [6, 6.07) is 17.4. The van der Waals surface area contributed by atoms with E-state index in [4.69, 9.17) is 5.11 Å². The number of hydrogen-bond donors (Lipinski definition) is 2. The molecule has 0 fully saturated rings. The van der Waals surface area contributed by atoms with E-state index in [2.05, 4.69) is 17.4 Å². The summed E-state index contributed by atoms with van der Waals surface area (Å²) in [5.74, 6) is -1.14. The molecule has 0 aliphatic heterocycles. The van der Waals surface area contributed by atoms with Crippen molar-refractivity contribution in [3.8, 4) is 0 Å². The van der Waals surface area contributed by atoms with Gasteiger partial charge in [0.2, 0.25) is 0 Å². The second-order valence-corrected chi connectivity index (χ2v) is 7.93. The summed E-state index contributed by atoms with van der Waals surface area (Å²) in [7, 11) is 5.93. The van der Waals surface area contributed by atoms with Gasteiger partial charge in [-0.1, -0.05) is 42.5 Å². The molecule has 0 aliphatic rings. The first kappa shape index (κ1) is 20.6. The number of likely N-dealkylation sites (N-methyl/N-ethyl adjacent to an activating group) is 1. The standard InChI is InChI=1S/C22H28N2O3/c1-24(2,3)16-20(15-21(25)26)23-22(27)19-11-7-10-18(14-19)13-12-17-8-5-4-6-9-17/h4-11,14,20H,12-13,15-16H2,1-3H3,(H-,23,25,26,27)/p+1. The fraction of sp³-hybridized carbons (Fsp3) is 0.364. The van der Waals surface area contributed by atoms with Crippen LogP contribution in [0.4, 0.5) is 0 Å². The minimum atomic E-state index is -0.912. The smallest absolute Gasteiger partial charge is 0.305 e. The maximum absolute atomic E-state index is 12.6. The molecule has 0 radical (unpaired) electrons. The highest BCUT2D eigenvalue weighted by Gasteiger charge is 2.23. The number of carboxylic acids is 1. The summed E-state index contributed by atoms with van der Waals surface area (Å²) in [4.78, 5) is 23.8. The van der Waals surface area contributed by atoms with Crippen LogP contribution < -0.4 is 5.32 Å². The predicted octanol–water partition coefficient (Wildman–Crippen LogP) is 2.75. The monoisotopic (exact) mass is 369 g/mol. The Morgan fingerprint density at radius 1 is 0.963 bits per heavy atom. The lowest BCUT2D eigenvalue weighted by atomic mass is 10.0. The molecule has 5 heteroatoms. The predicted molar refractivity (Wildman–Crippen MR) is 107 cm³/mol. The Kier molecular flexibility index (Phi) is 7.13. The van der Waals surface area contributed by atoms with Gasteiger partial charge in [-0.2, -0.15) is 0 Å². The van der Waals surface area contributed by atoms with Crippen LogP contribution in [0.1, 0.15) is 27.9 Å². The number of carbonyl (C=O) groups excluding carboxylic acids is 1. The third kappa shape index (κ3) is 7.62. The van der Waals surface area contributed by atoms with E-state index in [0.29, 0.717) is 16.6 Å². The number of aliphatic carboxylic acids is 1. The molecule has 0 aromatic heterocycles. The molecule has 2 aromatic rings. The lowest BCUT2D eigenvalue weighted by Crippen LogP contribution is -2.49. The van der Waals surface area contributed by atoms with Crippen LogP contribution in [0, 0.1) is 0 Å².